The molecule has 3 rings (SSSR count). The van der Waals surface area contributed by atoms with Crippen molar-refractivity contribution < 1.29 is 9.53 Å². The summed E-state index contributed by atoms with van der Waals surface area (Å²) in [5.41, 5.74) is 1.71. The average molecular weight is 514 g/mol. The van der Waals surface area contributed by atoms with E-state index >= 15 is 0 Å². The van der Waals surface area contributed by atoms with E-state index in [0.717, 1.165) is 20.8 Å². The van der Waals surface area contributed by atoms with Gasteiger partial charge in [0.1, 0.15) is 12.4 Å². The highest BCUT2D eigenvalue weighted by Crippen LogP contribution is 2.35. The molecule has 0 saturated carbocycles. The zero-order chi connectivity index (χ0) is 21.0. The number of benzene rings is 2. The molecule has 0 aliphatic carbocycles. The maximum Gasteiger partial charge on any atom is 0.266 e. The molecular weight excluding hydrogens is 495 g/mol. The van der Waals surface area contributed by atoms with Crippen LogP contribution in [0.2, 0.25) is 10.0 Å². The lowest BCUT2D eigenvalue weighted by atomic mass is 10.1. The Balaban J connectivity index is 1.87. The summed E-state index contributed by atoms with van der Waals surface area (Å²) >= 11 is 16.9. The molecule has 2 aromatic rings. The number of hydrogen-bond acceptors (Lipinski definition) is 4. The van der Waals surface area contributed by atoms with Crippen LogP contribution in [0.5, 0.6) is 5.75 Å². The fraction of sp³-hybridized carbons (Fsp3) is 0.238. The van der Waals surface area contributed by atoms with E-state index in [1.54, 1.807) is 17.0 Å². The highest BCUT2D eigenvalue weighted by Gasteiger charge is 2.32. The van der Waals surface area contributed by atoms with Gasteiger partial charge in [-0.15, -0.1) is 0 Å². The van der Waals surface area contributed by atoms with Crippen LogP contribution in [0.15, 0.2) is 50.8 Å². The summed E-state index contributed by atoms with van der Waals surface area (Å²) in [6, 6.07) is 11.1. The fourth-order valence-electron chi connectivity index (χ4n) is 2.74. The molecule has 1 saturated heterocycles. The van der Waals surface area contributed by atoms with Gasteiger partial charge in [-0.05, 0) is 67.6 Å². The number of hydrogen-bond donors (Lipinski definition) is 0. The minimum Gasteiger partial charge on any atom is -0.488 e. The first-order valence-corrected chi connectivity index (χ1v) is 11.4. The number of amidine groups is 1. The van der Waals surface area contributed by atoms with E-state index in [1.165, 1.54) is 11.8 Å². The van der Waals surface area contributed by atoms with Gasteiger partial charge in [0, 0.05) is 23.1 Å². The molecule has 0 radical (unpaired) electrons. The summed E-state index contributed by atoms with van der Waals surface area (Å²) in [4.78, 5) is 19.5. The van der Waals surface area contributed by atoms with Crippen molar-refractivity contribution in [1.82, 2.24) is 4.90 Å². The molecule has 152 valence electrons. The van der Waals surface area contributed by atoms with Gasteiger partial charge in [0.15, 0.2) is 5.17 Å². The summed E-state index contributed by atoms with van der Waals surface area (Å²) in [5.74, 6) is 0.629. The van der Waals surface area contributed by atoms with Crippen LogP contribution in [0, 0.1) is 0 Å². The van der Waals surface area contributed by atoms with E-state index in [0.29, 0.717) is 40.4 Å². The highest BCUT2D eigenvalue weighted by atomic mass is 79.9. The molecule has 2 aromatic carbocycles. The number of aliphatic imine (C=N–C) groups is 1. The molecule has 0 bridgehead atoms. The van der Waals surface area contributed by atoms with Crippen molar-refractivity contribution in [3.63, 3.8) is 0 Å². The van der Waals surface area contributed by atoms with Gasteiger partial charge in [0.2, 0.25) is 0 Å². The van der Waals surface area contributed by atoms with Crippen LogP contribution < -0.4 is 4.74 Å². The van der Waals surface area contributed by atoms with Crippen LogP contribution in [-0.4, -0.2) is 29.1 Å². The lowest BCUT2D eigenvalue weighted by Gasteiger charge is -2.12. The predicted molar refractivity (Wildman–Crippen MR) is 126 cm³/mol. The number of nitrogens with zero attached hydrogens (tertiary/aromatic N) is 2. The zero-order valence-electron chi connectivity index (χ0n) is 15.9. The van der Waals surface area contributed by atoms with Crippen molar-refractivity contribution in [2.75, 3.05) is 13.1 Å². The normalized spacial score (nSPS) is 16.9. The van der Waals surface area contributed by atoms with E-state index < -0.39 is 0 Å². The van der Waals surface area contributed by atoms with E-state index in [9.17, 15) is 4.79 Å². The molecule has 1 aliphatic heterocycles. The second-order valence-corrected chi connectivity index (χ2v) is 8.88. The van der Waals surface area contributed by atoms with Crippen molar-refractivity contribution in [3.05, 3.63) is 66.9 Å². The highest BCUT2D eigenvalue weighted by molar-refractivity contribution is 9.10. The zero-order valence-corrected chi connectivity index (χ0v) is 19.8. The van der Waals surface area contributed by atoms with Gasteiger partial charge in [0.05, 0.1) is 15.0 Å². The molecule has 0 spiro atoms. The van der Waals surface area contributed by atoms with Crippen LogP contribution in [0.4, 0.5) is 0 Å². The Morgan fingerprint density at radius 3 is 2.66 bits per heavy atom. The fourth-order valence-corrected chi connectivity index (χ4v) is 4.53. The number of likely N-dealkylation sites (N-methyl/N-ethyl adjacent to an activating group) is 1. The van der Waals surface area contributed by atoms with Crippen molar-refractivity contribution in [2.24, 2.45) is 4.99 Å². The van der Waals surface area contributed by atoms with Crippen LogP contribution in [-0.2, 0) is 11.4 Å². The molecule has 1 heterocycles. The van der Waals surface area contributed by atoms with E-state index in [2.05, 4.69) is 20.9 Å². The Kier molecular flexibility index (Phi) is 7.68. The van der Waals surface area contributed by atoms with Crippen molar-refractivity contribution in [3.8, 4) is 5.75 Å². The van der Waals surface area contributed by atoms with E-state index in [-0.39, 0.29) is 5.91 Å². The number of carbonyl (C=O) groups is 1. The molecule has 8 heteroatoms. The van der Waals surface area contributed by atoms with Crippen molar-refractivity contribution in [2.45, 2.75) is 20.5 Å². The minimum absolute atomic E-state index is 0.0416. The first-order chi connectivity index (χ1) is 13.9. The van der Waals surface area contributed by atoms with Gasteiger partial charge in [-0.1, -0.05) is 45.2 Å². The van der Waals surface area contributed by atoms with E-state index in [1.807, 2.05) is 44.2 Å². The summed E-state index contributed by atoms with van der Waals surface area (Å²) in [6.45, 7) is 5.45. The molecule has 0 atom stereocenters. The summed E-state index contributed by atoms with van der Waals surface area (Å²) in [5, 5.41) is 1.73. The third-order valence-corrected chi connectivity index (χ3v) is 6.41. The number of ether oxygens (including phenoxy) is 1. The third-order valence-electron chi connectivity index (χ3n) is 4.13. The Morgan fingerprint density at radius 1 is 1.17 bits per heavy atom. The van der Waals surface area contributed by atoms with Gasteiger partial charge < -0.3 is 4.74 Å². The van der Waals surface area contributed by atoms with E-state index in [4.69, 9.17) is 27.9 Å². The first kappa shape index (κ1) is 22.2. The lowest BCUT2D eigenvalue weighted by Crippen LogP contribution is -2.28. The lowest BCUT2D eigenvalue weighted by molar-refractivity contribution is -0.122. The molecular formula is C21H19BrCl2N2O2S. The number of rotatable bonds is 6. The first-order valence-electron chi connectivity index (χ1n) is 9.05. The molecule has 0 aromatic heterocycles. The monoisotopic (exact) mass is 512 g/mol. The van der Waals surface area contributed by atoms with Crippen LogP contribution in [0.25, 0.3) is 6.08 Å². The van der Waals surface area contributed by atoms with Gasteiger partial charge in [-0.25, -0.2) is 0 Å². The molecule has 29 heavy (non-hydrogen) atoms. The maximum atomic E-state index is 12.7. The SMILES string of the molecule is CCN=C1S/C(=C\c2cc(Br)ccc2OCc2ccc(Cl)c(Cl)c2)C(=O)N1CC. The average Bonchev–Trinajstić information content (AvgIpc) is 2.98. The smallest absolute Gasteiger partial charge is 0.266 e. The second kappa shape index (κ2) is 10.0. The molecule has 1 amide bonds. The van der Waals surface area contributed by atoms with Crippen LogP contribution in [0.3, 0.4) is 0 Å². The molecule has 4 nitrogen and oxygen atoms in total. The predicted octanol–water partition coefficient (Wildman–Crippen LogP) is 6.65. The van der Waals surface area contributed by atoms with Gasteiger partial charge in [-0.2, -0.15) is 0 Å². The summed E-state index contributed by atoms with van der Waals surface area (Å²) in [6.07, 6.45) is 1.85. The largest absolute Gasteiger partial charge is 0.488 e. The molecule has 1 fully saturated rings. The van der Waals surface area contributed by atoms with Crippen LogP contribution in [0.1, 0.15) is 25.0 Å². The standard InChI is InChI=1S/C21H19BrCl2N2O2S/c1-3-25-21-26(4-2)20(27)19(29-21)11-14-10-15(22)6-8-18(14)28-12-13-5-7-16(23)17(24)9-13/h5-11H,3-4,12H2,1-2H3/b19-11-,25-21?. The Hall–Kier alpha value is -1.47. The second-order valence-electron chi connectivity index (χ2n) is 6.14. The number of carbonyl (C=O) groups excluding carboxylic acids is 1. The van der Waals surface area contributed by atoms with Gasteiger partial charge in [0.25, 0.3) is 5.91 Å². The topological polar surface area (TPSA) is 41.9 Å². The molecule has 1 aliphatic rings. The molecule has 0 unspecified atom stereocenters. The Labute approximate surface area is 193 Å². The summed E-state index contributed by atoms with van der Waals surface area (Å²) in [7, 11) is 0. The maximum absolute atomic E-state index is 12.7. The van der Waals surface area contributed by atoms with Crippen molar-refractivity contribution >= 4 is 68.0 Å². The number of thioether (sulfide) groups is 1. The van der Waals surface area contributed by atoms with Crippen LogP contribution >= 0.6 is 50.9 Å². The summed E-state index contributed by atoms with van der Waals surface area (Å²) < 4.78 is 6.91. The molecule has 0 N–H and O–H groups in total. The quantitative estimate of drug-likeness (QED) is 0.406. The number of amides is 1. The number of halogens is 3. The minimum atomic E-state index is -0.0416. The third kappa shape index (κ3) is 5.37. The van der Waals surface area contributed by atoms with Gasteiger partial charge in [-0.3, -0.25) is 14.7 Å². The van der Waals surface area contributed by atoms with Gasteiger partial charge >= 0.3 is 0 Å². The Morgan fingerprint density at radius 2 is 1.97 bits per heavy atom. The Bertz CT molecular complexity index is 995. The van der Waals surface area contributed by atoms with Crippen molar-refractivity contribution in [1.29, 1.82) is 0 Å².